The molecule has 35 heavy (non-hydrogen) atoms. The molecule has 2 N–H and O–H groups in total. The summed E-state index contributed by atoms with van der Waals surface area (Å²) in [6.45, 7) is 8.08. The summed E-state index contributed by atoms with van der Waals surface area (Å²) in [5, 5.41) is 7.82. The third-order valence-corrected chi connectivity index (χ3v) is 6.93. The van der Waals surface area contributed by atoms with E-state index in [2.05, 4.69) is 54.6 Å². The van der Waals surface area contributed by atoms with Crippen LogP contribution in [0.3, 0.4) is 0 Å². The second kappa shape index (κ2) is 8.17. The molecule has 0 unspecified atom stereocenters. The van der Waals surface area contributed by atoms with Crippen molar-refractivity contribution in [3.8, 4) is 5.82 Å². The van der Waals surface area contributed by atoms with Crippen LogP contribution in [-0.4, -0.2) is 30.9 Å². The van der Waals surface area contributed by atoms with E-state index in [0.717, 1.165) is 43.7 Å². The van der Waals surface area contributed by atoms with Gasteiger partial charge in [0.15, 0.2) is 11.5 Å². The molecule has 0 saturated heterocycles. The number of nitrogens with zero attached hydrogens (tertiary/aromatic N) is 5. The second-order valence-corrected chi connectivity index (χ2v) is 10.8. The third-order valence-electron chi connectivity index (χ3n) is 6.62. The Hall–Kier alpha value is -3.23. The number of hydrogen-bond acceptors (Lipinski definition) is 6. The van der Waals surface area contributed by atoms with Gasteiger partial charge < -0.3 is 10.6 Å². The van der Waals surface area contributed by atoms with E-state index in [1.165, 1.54) is 11.1 Å². The van der Waals surface area contributed by atoms with E-state index < -0.39 is 0 Å². The van der Waals surface area contributed by atoms with Crippen molar-refractivity contribution < 1.29 is 0 Å². The maximum absolute atomic E-state index is 13.4. The minimum atomic E-state index is -0.246. The van der Waals surface area contributed by atoms with Crippen molar-refractivity contribution in [2.24, 2.45) is 0 Å². The highest BCUT2D eigenvalue weighted by atomic mass is 35.5. The smallest absolute Gasteiger partial charge is 0.278 e. The Morgan fingerprint density at radius 2 is 1.94 bits per heavy atom. The zero-order chi connectivity index (χ0) is 24.3. The molecule has 3 aromatic heterocycles. The molecule has 0 radical (unpaired) electrons. The van der Waals surface area contributed by atoms with E-state index in [-0.39, 0.29) is 17.0 Å². The minimum absolute atomic E-state index is 0.0945. The number of pyridine rings is 1. The second-order valence-electron chi connectivity index (χ2n) is 10.4. The van der Waals surface area contributed by atoms with Gasteiger partial charge in [-0.1, -0.05) is 38.4 Å². The van der Waals surface area contributed by atoms with Gasteiger partial charge in [-0.3, -0.25) is 4.79 Å². The Morgan fingerprint density at radius 1 is 1.11 bits per heavy atom. The molecular weight excluding hydrogens is 462 g/mol. The number of benzene rings is 1. The molecule has 0 spiro atoms. The largest absolute Gasteiger partial charge is 0.324 e. The van der Waals surface area contributed by atoms with Crippen LogP contribution in [0.15, 0.2) is 41.3 Å². The summed E-state index contributed by atoms with van der Waals surface area (Å²) >= 11 is 6.49. The van der Waals surface area contributed by atoms with Gasteiger partial charge in [-0.15, -0.1) is 0 Å². The Labute approximate surface area is 208 Å². The third kappa shape index (κ3) is 4.00. The van der Waals surface area contributed by atoms with Crippen LogP contribution in [0.1, 0.15) is 56.5 Å². The van der Waals surface area contributed by atoms with Crippen LogP contribution >= 0.6 is 11.6 Å². The van der Waals surface area contributed by atoms with E-state index in [9.17, 15) is 4.79 Å². The molecule has 0 atom stereocenters. The molecule has 0 amide bonds. The zero-order valence-corrected chi connectivity index (χ0v) is 20.9. The lowest BCUT2D eigenvalue weighted by atomic mass is 9.91. The highest BCUT2D eigenvalue weighted by Gasteiger charge is 2.32. The number of aromatic nitrogens is 5. The molecule has 1 fully saturated rings. The highest BCUT2D eigenvalue weighted by Crippen LogP contribution is 2.36. The topological polar surface area (TPSA) is 89.7 Å². The van der Waals surface area contributed by atoms with Gasteiger partial charge >= 0.3 is 0 Å². The lowest BCUT2D eigenvalue weighted by Gasteiger charge is -2.21. The first-order valence-electron chi connectivity index (χ1n) is 12.1. The number of hydrogen-bond donors (Lipinski definition) is 2. The molecule has 1 aliphatic carbocycles. The molecule has 8 nitrogen and oxygen atoms in total. The monoisotopic (exact) mass is 489 g/mol. The van der Waals surface area contributed by atoms with Crippen molar-refractivity contribution in [1.82, 2.24) is 29.6 Å². The molecule has 1 saturated carbocycles. The molecule has 1 aliphatic heterocycles. The number of halogens is 1. The Balaban J connectivity index is 1.48. The molecule has 1 aromatic carbocycles. The molecular formula is C26H28ClN7O. The van der Waals surface area contributed by atoms with Crippen LogP contribution in [0.25, 0.3) is 16.9 Å². The number of fused-ring (bicyclic) bond motifs is 2. The molecule has 4 heterocycles. The Kier molecular flexibility index (Phi) is 5.19. The van der Waals surface area contributed by atoms with Crippen molar-refractivity contribution in [2.45, 2.75) is 58.0 Å². The van der Waals surface area contributed by atoms with Gasteiger partial charge in [0.1, 0.15) is 5.39 Å². The van der Waals surface area contributed by atoms with E-state index in [1.807, 2.05) is 16.8 Å². The molecule has 0 bridgehead atoms. The lowest BCUT2D eigenvalue weighted by molar-refractivity contribution is 0.537. The van der Waals surface area contributed by atoms with Crippen molar-refractivity contribution in [1.29, 1.82) is 0 Å². The normalized spacial score (nSPS) is 15.9. The number of rotatable bonds is 4. The van der Waals surface area contributed by atoms with Crippen LogP contribution < -0.4 is 16.2 Å². The van der Waals surface area contributed by atoms with Crippen molar-refractivity contribution >= 4 is 34.3 Å². The predicted molar refractivity (Wildman–Crippen MR) is 138 cm³/mol. The summed E-state index contributed by atoms with van der Waals surface area (Å²) in [7, 11) is 0. The highest BCUT2D eigenvalue weighted by molar-refractivity contribution is 6.31. The standard InChI is InChI=1S/C26H28ClN7O/c1-26(2,3)22-20(27)8-9-21(31-22)34-23-19(24(35)33(34)18-6-7-18)14-29-25(32-23)30-17-5-4-15-10-11-28-13-16(15)12-17/h4-5,8-9,12,14,18,28H,6-7,10-11,13H2,1-3H3,(H,29,30,32). The van der Waals surface area contributed by atoms with Gasteiger partial charge in [0.25, 0.3) is 5.56 Å². The minimum Gasteiger partial charge on any atom is -0.324 e. The molecule has 4 aromatic rings. The lowest BCUT2D eigenvalue weighted by Crippen LogP contribution is -2.23. The van der Waals surface area contributed by atoms with Crippen molar-refractivity contribution in [2.75, 3.05) is 11.9 Å². The van der Waals surface area contributed by atoms with Gasteiger partial charge in [0, 0.05) is 23.8 Å². The average Bonchev–Trinajstić information content (AvgIpc) is 3.63. The fourth-order valence-corrected chi connectivity index (χ4v) is 5.08. The van der Waals surface area contributed by atoms with Gasteiger partial charge in [0.05, 0.1) is 16.8 Å². The Bertz CT molecular complexity index is 1510. The van der Waals surface area contributed by atoms with Gasteiger partial charge in [-0.05, 0) is 61.2 Å². The molecule has 2 aliphatic rings. The van der Waals surface area contributed by atoms with Crippen LogP contribution in [0, 0.1) is 0 Å². The van der Waals surface area contributed by atoms with Gasteiger partial charge in [0.2, 0.25) is 5.95 Å². The van der Waals surface area contributed by atoms with Crippen molar-refractivity contribution in [3.05, 3.63) is 68.7 Å². The summed E-state index contributed by atoms with van der Waals surface area (Å²) in [6, 6.07) is 10.2. The maximum atomic E-state index is 13.4. The first kappa shape index (κ1) is 22.2. The summed E-state index contributed by atoms with van der Waals surface area (Å²) in [5.74, 6) is 1.07. The van der Waals surface area contributed by atoms with E-state index in [0.29, 0.717) is 27.8 Å². The van der Waals surface area contributed by atoms with Crippen LogP contribution in [0.5, 0.6) is 0 Å². The van der Waals surface area contributed by atoms with Crippen LogP contribution in [0.4, 0.5) is 11.6 Å². The number of nitrogens with one attached hydrogen (secondary N) is 2. The van der Waals surface area contributed by atoms with Crippen LogP contribution in [-0.2, 0) is 18.4 Å². The van der Waals surface area contributed by atoms with Crippen molar-refractivity contribution in [3.63, 3.8) is 0 Å². The van der Waals surface area contributed by atoms with Gasteiger partial charge in [-0.2, -0.15) is 4.98 Å². The summed E-state index contributed by atoms with van der Waals surface area (Å²) < 4.78 is 3.61. The average molecular weight is 490 g/mol. The van der Waals surface area contributed by atoms with Gasteiger partial charge in [-0.25, -0.2) is 19.3 Å². The molecule has 180 valence electrons. The zero-order valence-electron chi connectivity index (χ0n) is 20.1. The maximum Gasteiger partial charge on any atom is 0.278 e. The first-order chi connectivity index (χ1) is 16.8. The van der Waals surface area contributed by atoms with E-state index in [1.54, 1.807) is 10.9 Å². The summed E-state index contributed by atoms with van der Waals surface area (Å²) in [5.41, 5.74) is 4.54. The molecule has 9 heteroatoms. The molecule has 6 rings (SSSR count). The predicted octanol–water partition coefficient (Wildman–Crippen LogP) is 4.65. The SMILES string of the molecule is CC(C)(C)c1nc(-n2c3nc(Nc4ccc5c(c4)CNCC5)ncc3c(=O)n2C2CC2)ccc1Cl. The fourth-order valence-electron chi connectivity index (χ4n) is 4.69. The fraction of sp³-hybridized carbons (Fsp3) is 0.385. The number of anilines is 2. The van der Waals surface area contributed by atoms with Crippen LogP contribution in [0.2, 0.25) is 5.02 Å². The Morgan fingerprint density at radius 3 is 2.71 bits per heavy atom. The quantitative estimate of drug-likeness (QED) is 0.433. The first-order valence-corrected chi connectivity index (χ1v) is 12.4. The van der Waals surface area contributed by atoms with E-state index in [4.69, 9.17) is 21.6 Å². The van der Waals surface area contributed by atoms with E-state index >= 15 is 0 Å². The summed E-state index contributed by atoms with van der Waals surface area (Å²) in [6.07, 6.45) is 4.56. The summed E-state index contributed by atoms with van der Waals surface area (Å²) in [4.78, 5) is 27.5.